The summed E-state index contributed by atoms with van der Waals surface area (Å²) in [5, 5.41) is 3.64. The zero-order valence-electron chi connectivity index (χ0n) is 20.5. The topological polar surface area (TPSA) is 55.2 Å². The highest BCUT2D eigenvalue weighted by Crippen LogP contribution is 2.35. The molecule has 5 nitrogen and oxygen atoms in total. The Balaban J connectivity index is 1.49. The number of aromatic nitrogens is 2. The molecule has 0 N–H and O–H groups in total. The predicted octanol–water partition coefficient (Wildman–Crippen LogP) is 6.61. The van der Waals surface area contributed by atoms with Crippen molar-refractivity contribution in [3.8, 4) is 0 Å². The van der Waals surface area contributed by atoms with Gasteiger partial charge in [0.25, 0.3) is 5.56 Å². The van der Waals surface area contributed by atoms with E-state index in [9.17, 15) is 9.59 Å². The molecule has 35 heavy (non-hydrogen) atoms. The Kier molecular flexibility index (Phi) is 6.98. The minimum Gasteiger partial charge on any atom is -0.311 e. The van der Waals surface area contributed by atoms with Gasteiger partial charge in [-0.1, -0.05) is 55.1 Å². The molecule has 2 heterocycles. The highest BCUT2D eigenvalue weighted by Gasteiger charge is 2.25. The van der Waals surface area contributed by atoms with E-state index in [4.69, 9.17) is 4.98 Å². The largest absolute Gasteiger partial charge is 0.311 e. The van der Waals surface area contributed by atoms with E-state index in [1.807, 2.05) is 40.7 Å². The molecule has 1 aliphatic rings. The molecule has 0 bridgehead atoms. The van der Waals surface area contributed by atoms with Gasteiger partial charge >= 0.3 is 0 Å². The molecule has 2 aromatic carbocycles. The Morgan fingerprint density at radius 2 is 1.91 bits per heavy atom. The van der Waals surface area contributed by atoms with Gasteiger partial charge in [-0.15, -0.1) is 11.3 Å². The van der Waals surface area contributed by atoms with Gasteiger partial charge in [0.15, 0.2) is 5.16 Å². The van der Waals surface area contributed by atoms with Crippen molar-refractivity contribution in [3.05, 3.63) is 63.3 Å². The van der Waals surface area contributed by atoms with Gasteiger partial charge in [-0.05, 0) is 63.0 Å². The molecule has 0 aliphatic heterocycles. The number of fused-ring (bicyclic) bond motifs is 4. The van der Waals surface area contributed by atoms with Crippen LogP contribution in [0.25, 0.3) is 21.0 Å². The van der Waals surface area contributed by atoms with Crippen LogP contribution in [0.1, 0.15) is 56.5 Å². The summed E-state index contributed by atoms with van der Waals surface area (Å²) in [7, 11) is 0. The predicted molar refractivity (Wildman–Crippen MR) is 148 cm³/mol. The van der Waals surface area contributed by atoms with Crippen molar-refractivity contribution in [1.29, 1.82) is 0 Å². The second-order valence-corrected chi connectivity index (χ2v) is 11.2. The van der Waals surface area contributed by atoms with Crippen molar-refractivity contribution < 1.29 is 4.79 Å². The number of hydrogen-bond acceptors (Lipinski definition) is 5. The Hall–Kier alpha value is -2.64. The fourth-order valence-electron chi connectivity index (χ4n) is 5.00. The van der Waals surface area contributed by atoms with Crippen LogP contribution in [0, 0.1) is 0 Å². The summed E-state index contributed by atoms with van der Waals surface area (Å²) in [5.74, 6) is 0.251. The molecule has 0 fully saturated rings. The van der Waals surface area contributed by atoms with Gasteiger partial charge in [-0.25, -0.2) is 4.98 Å². The third-order valence-corrected chi connectivity index (χ3v) is 9.14. The highest BCUT2D eigenvalue weighted by molar-refractivity contribution is 7.99. The number of anilines is 1. The Morgan fingerprint density at radius 1 is 1.14 bits per heavy atom. The van der Waals surface area contributed by atoms with Crippen molar-refractivity contribution in [2.75, 3.05) is 17.2 Å². The lowest BCUT2D eigenvalue weighted by Crippen LogP contribution is -2.33. The van der Waals surface area contributed by atoms with Crippen LogP contribution in [0.2, 0.25) is 0 Å². The van der Waals surface area contributed by atoms with E-state index in [0.717, 1.165) is 52.4 Å². The Bertz CT molecular complexity index is 1450. The number of benzene rings is 2. The van der Waals surface area contributed by atoms with E-state index in [1.165, 1.54) is 28.6 Å². The molecule has 7 heteroatoms. The van der Waals surface area contributed by atoms with Crippen LogP contribution in [0.15, 0.2) is 52.4 Å². The van der Waals surface area contributed by atoms with Crippen LogP contribution < -0.4 is 10.5 Å². The quantitative estimate of drug-likeness (QED) is 0.210. The first-order valence-electron chi connectivity index (χ1n) is 12.5. The van der Waals surface area contributed by atoms with Gasteiger partial charge in [-0.2, -0.15) is 0 Å². The molecule has 0 spiro atoms. The summed E-state index contributed by atoms with van der Waals surface area (Å²) in [6.07, 6.45) is 5.15. The van der Waals surface area contributed by atoms with Crippen LogP contribution in [-0.4, -0.2) is 27.8 Å². The Labute approximate surface area is 214 Å². The van der Waals surface area contributed by atoms with E-state index in [1.54, 1.807) is 11.3 Å². The summed E-state index contributed by atoms with van der Waals surface area (Å²) >= 11 is 3.05. The fourth-order valence-corrected chi connectivity index (χ4v) is 7.28. The molecule has 1 aliphatic carbocycles. The van der Waals surface area contributed by atoms with E-state index in [-0.39, 0.29) is 23.3 Å². The fraction of sp³-hybridized carbons (Fsp3) is 0.393. The third kappa shape index (κ3) is 4.40. The SMILES string of the molecule is CC[C@H](C)n1c(SCC(=O)N(CC)c2cccc3ccccc23)nc2sc3c(c2c1=O)CCCC3. The second-order valence-electron chi connectivity index (χ2n) is 9.14. The molecule has 0 unspecified atom stereocenters. The van der Waals surface area contributed by atoms with Crippen LogP contribution in [0.3, 0.4) is 0 Å². The summed E-state index contributed by atoms with van der Waals surface area (Å²) in [5.41, 5.74) is 2.19. The lowest BCUT2D eigenvalue weighted by Gasteiger charge is -2.23. The average Bonchev–Trinajstić information content (AvgIpc) is 3.26. The molecule has 1 amide bonds. The van der Waals surface area contributed by atoms with Crippen molar-refractivity contribution in [3.63, 3.8) is 0 Å². The molecular formula is C28H31N3O2S2. The minimum atomic E-state index is 0.0179. The van der Waals surface area contributed by atoms with Crippen molar-refractivity contribution in [1.82, 2.24) is 9.55 Å². The van der Waals surface area contributed by atoms with Gasteiger partial charge < -0.3 is 4.90 Å². The van der Waals surface area contributed by atoms with E-state index in [0.29, 0.717) is 11.7 Å². The summed E-state index contributed by atoms with van der Waals surface area (Å²) in [4.78, 5) is 36.1. The number of nitrogens with zero attached hydrogens (tertiary/aromatic N) is 3. The van der Waals surface area contributed by atoms with E-state index in [2.05, 4.69) is 32.0 Å². The summed E-state index contributed by atoms with van der Waals surface area (Å²) in [6, 6.07) is 14.2. The normalized spacial score (nSPS) is 14.3. The minimum absolute atomic E-state index is 0.0179. The molecule has 0 radical (unpaired) electrons. The number of amides is 1. The molecular weight excluding hydrogens is 474 g/mol. The molecule has 0 saturated carbocycles. The average molecular weight is 506 g/mol. The van der Waals surface area contributed by atoms with Crippen molar-refractivity contribution in [2.45, 2.75) is 64.1 Å². The van der Waals surface area contributed by atoms with Gasteiger partial charge in [-0.3, -0.25) is 14.2 Å². The third-order valence-electron chi connectivity index (χ3n) is 7.02. The molecule has 182 valence electrons. The number of hydrogen-bond donors (Lipinski definition) is 0. The standard InChI is InChI=1S/C28H31N3O2S2/c1-4-18(3)31-27(33)25-21-14-8-9-16-23(21)35-26(25)29-28(31)34-17-24(32)30(5-2)22-15-10-12-19-11-6-7-13-20(19)22/h6-7,10-13,15,18H,4-5,8-9,14,16-17H2,1-3H3/t18-/m0/s1. The Morgan fingerprint density at radius 3 is 2.71 bits per heavy atom. The monoisotopic (exact) mass is 505 g/mol. The lowest BCUT2D eigenvalue weighted by atomic mass is 9.97. The van der Waals surface area contributed by atoms with Crippen LogP contribution in [-0.2, 0) is 17.6 Å². The zero-order chi connectivity index (χ0) is 24.5. The van der Waals surface area contributed by atoms with Gasteiger partial charge in [0.2, 0.25) is 5.91 Å². The first-order chi connectivity index (χ1) is 17.0. The molecule has 0 saturated heterocycles. The van der Waals surface area contributed by atoms with Gasteiger partial charge in [0.1, 0.15) is 4.83 Å². The number of carbonyl (C=O) groups is 1. The van der Waals surface area contributed by atoms with Crippen LogP contribution >= 0.6 is 23.1 Å². The van der Waals surface area contributed by atoms with Crippen LogP contribution in [0.4, 0.5) is 5.69 Å². The zero-order valence-corrected chi connectivity index (χ0v) is 22.2. The van der Waals surface area contributed by atoms with E-state index < -0.39 is 0 Å². The van der Waals surface area contributed by atoms with Crippen LogP contribution in [0.5, 0.6) is 0 Å². The highest BCUT2D eigenvalue weighted by atomic mass is 32.2. The number of thiophene rings is 1. The van der Waals surface area contributed by atoms with Crippen molar-refractivity contribution in [2.24, 2.45) is 0 Å². The maximum Gasteiger partial charge on any atom is 0.263 e. The first kappa shape index (κ1) is 24.1. The maximum absolute atomic E-state index is 13.7. The second kappa shape index (κ2) is 10.2. The number of rotatable bonds is 7. The smallest absolute Gasteiger partial charge is 0.263 e. The number of aryl methyl sites for hydroxylation is 2. The number of thioether (sulfide) groups is 1. The molecule has 5 rings (SSSR count). The number of carbonyl (C=O) groups excluding carboxylic acids is 1. The maximum atomic E-state index is 13.7. The lowest BCUT2D eigenvalue weighted by molar-refractivity contribution is -0.116. The molecule has 2 aromatic heterocycles. The van der Waals surface area contributed by atoms with Crippen molar-refractivity contribution >= 4 is 55.7 Å². The summed E-state index contributed by atoms with van der Waals surface area (Å²) < 4.78 is 1.83. The summed E-state index contributed by atoms with van der Waals surface area (Å²) in [6.45, 7) is 6.73. The van der Waals surface area contributed by atoms with Gasteiger partial charge in [0, 0.05) is 22.8 Å². The molecule has 4 aromatic rings. The van der Waals surface area contributed by atoms with Gasteiger partial charge in [0.05, 0.1) is 16.8 Å². The van der Waals surface area contributed by atoms with E-state index >= 15 is 0 Å². The first-order valence-corrected chi connectivity index (χ1v) is 14.3. The molecule has 1 atom stereocenters.